The maximum absolute atomic E-state index is 13.8. The zero-order valence-electron chi connectivity index (χ0n) is 25.0. The Hall–Kier alpha value is -3.90. The summed E-state index contributed by atoms with van der Waals surface area (Å²) in [5, 5.41) is 55.4. The van der Waals surface area contributed by atoms with Crippen molar-refractivity contribution in [1.82, 2.24) is 4.90 Å². The van der Waals surface area contributed by atoms with E-state index in [0.717, 1.165) is 0 Å². The molecule has 0 spiro atoms. The summed E-state index contributed by atoms with van der Waals surface area (Å²) < 4.78 is 23.1. The number of ether oxygens (including phenoxy) is 4. The van der Waals surface area contributed by atoms with Gasteiger partial charge in [0.05, 0.1) is 61.4 Å². The highest BCUT2D eigenvalue weighted by atomic mass is 16.7. The fraction of sp³-hybridized carbons (Fsp3) is 0.500. The van der Waals surface area contributed by atoms with Crippen molar-refractivity contribution in [1.29, 1.82) is 5.26 Å². The van der Waals surface area contributed by atoms with Crippen molar-refractivity contribution in [2.24, 2.45) is 0 Å². The van der Waals surface area contributed by atoms with Gasteiger partial charge in [-0.2, -0.15) is 5.26 Å². The average Bonchev–Trinajstić information content (AvgIpc) is 3.02. The standard InChI is InChI=1S/C32H34N2O11/c1-14-27(36)19(34-7-8-43-13-16(34)12-33)9-22(44-14)45-21-11-32(41,15(2)35)10-18-24(21)31(40)26-25(29(18)38)28(37)17-5-4-6-20(42-3)23(17)30(26)39/h4-6,14,16,19,21-22,27,36,38,40-41H,7-11,13H2,1-3H3/t14-,16?,19?,21-,22-,27+,32-/m0/s1. The largest absolute Gasteiger partial charge is 0.507 e. The molecule has 2 fully saturated rings. The van der Waals surface area contributed by atoms with E-state index in [1.807, 2.05) is 4.90 Å². The summed E-state index contributed by atoms with van der Waals surface area (Å²) in [6.07, 6.45) is -4.80. The molecule has 238 valence electrons. The third-order valence-corrected chi connectivity index (χ3v) is 9.47. The lowest BCUT2D eigenvalue weighted by molar-refractivity contribution is -0.262. The molecule has 0 aromatic heterocycles. The first-order valence-corrected chi connectivity index (χ1v) is 14.7. The van der Waals surface area contributed by atoms with Gasteiger partial charge >= 0.3 is 0 Å². The number of hydrogen-bond donors (Lipinski definition) is 4. The van der Waals surface area contributed by atoms with Crippen LogP contribution in [0.2, 0.25) is 0 Å². The molecule has 13 nitrogen and oxygen atoms in total. The Bertz CT molecular complexity index is 1630. The second-order valence-corrected chi connectivity index (χ2v) is 12.0. The van der Waals surface area contributed by atoms with Crippen molar-refractivity contribution in [3.8, 4) is 23.3 Å². The van der Waals surface area contributed by atoms with Gasteiger partial charge in [-0.15, -0.1) is 0 Å². The number of rotatable bonds is 5. The molecule has 0 amide bonds. The lowest BCUT2D eigenvalue weighted by atomic mass is 9.72. The Kier molecular flexibility index (Phi) is 7.93. The third-order valence-electron chi connectivity index (χ3n) is 9.47. The number of methoxy groups -OCH3 is 1. The first-order valence-electron chi connectivity index (χ1n) is 14.7. The maximum Gasteiger partial charge on any atom is 0.202 e. The van der Waals surface area contributed by atoms with Gasteiger partial charge in [0.1, 0.15) is 28.9 Å². The Morgan fingerprint density at radius 2 is 1.89 bits per heavy atom. The maximum atomic E-state index is 13.8. The number of aliphatic hydroxyl groups is 2. The van der Waals surface area contributed by atoms with E-state index >= 15 is 0 Å². The quantitative estimate of drug-likeness (QED) is 0.298. The molecule has 45 heavy (non-hydrogen) atoms. The fourth-order valence-corrected chi connectivity index (χ4v) is 7.06. The molecule has 2 aromatic carbocycles. The van der Waals surface area contributed by atoms with Gasteiger partial charge in [0, 0.05) is 48.5 Å². The van der Waals surface area contributed by atoms with Gasteiger partial charge in [0.2, 0.25) is 5.78 Å². The van der Waals surface area contributed by atoms with E-state index in [1.165, 1.54) is 32.2 Å². The molecule has 0 radical (unpaired) electrons. The summed E-state index contributed by atoms with van der Waals surface area (Å²) in [5.41, 5.74) is -3.19. The van der Waals surface area contributed by atoms with Gasteiger partial charge in [0.25, 0.3) is 0 Å². The lowest BCUT2D eigenvalue weighted by Gasteiger charge is -2.47. The zero-order chi connectivity index (χ0) is 32.4. The Morgan fingerprint density at radius 1 is 1.16 bits per heavy atom. The van der Waals surface area contributed by atoms with Crippen LogP contribution in [0.4, 0.5) is 0 Å². The van der Waals surface area contributed by atoms with Crippen molar-refractivity contribution < 1.29 is 53.8 Å². The second-order valence-electron chi connectivity index (χ2n) is 12.0. The number of nitrogens with zero attached hydrogens (tertiary/aromatic N) is 2. The number of carbonyl (C=O) groups excluding carboxylic acids is 3. The number of hydrogen-bond acceptors (Lipinski definition) is 13. The molecule has 2 aromatic rings. The van der Waals surface area contributed by atoms with Gasteiger partial charge in [-0.3, -0.25) is 19.3 Å². The highest BCUT2D eigenvalue weighted by molar-refractivity contribution is 6.31. The molecule has 2 aliphatic carbocycles. The van der Waals surface area contributed by atoms with Crippen LogP contribution in [-0.4, -0.2) is 106 Å². The molecule has 2 saturated heterocycles. The predicted molar refractivity (Wildman–Crippen MR) is 153 cm³/mol. The Labute approximate surface area is 258 Å². The smallest absolute Gasteiger partial charge is 0.202 e. The average molecular weight is 623 g/mol. The highest BCUT2D eigenvalue weighted by Gasteiger charge is 2.50. The van der Waals surface area contributed by atoms with Crippen molar-refractivity contribution >= 4 is 17.3 Å². The zero-order valence-corrected chi connectivity index (χ0v) is 25.0. The number of phenols is 2. The van der Waals surface area contributed by atoms with Crippen molar-refractivity contribution in [3.63, 3.8) is 0 Å². The van der Waals surface area contributed by atoms with Crippen LogP contribution >= 0.6 is 0 Å². The predicted octanol–water partition coefficient (Wildman–Crippen LogP) is 1.29. The van der Waals surface area contributed by atoms with Crippen molar-refractivity contribution in [3.05, 3.63) is 51.6 Å². The van der Waals surface area contributed by atoms with Crippen LogP contribution in [0.25, 0.3) is 0 Å². The van der Waals surface area contributed by atoms with Crippen molar-refractivity contribution in [2.45, 2.75) is 75.4 Å². The van der Waals surface area contributed by atoms with Crippen LogP contribution in [0, 0.1) is 11.3 Å². The Morgan fingerprint density at radius 3 is 2.58 bits per heavy atom. The first-order chi connectivity index (χ1) is 21.4. The van der Waals surface area contributed by atoms with Crippen molar-refractivity contribution in [2.75, 3.05) is 26.9 Å². The van der Waals surface area contributed by atoms with Crippen LogP contribution in [-0.2, 0) is 25.4 Å². The van der Waals surface area contributed by atoms with E-state index in [4.69, 9.17) is 18.9 Å². The Balaban J connectivity index is 1.44. The summed E-state index contributed by atoms with van der Waals surface area (Å²) in [6.45, 7) is 3.74. The molecule has 0 saturated carbocycles. The molecule has 7 atom stereocenters. The molecule has 2 unspecified atom stereocenters. The lowest BCUT2D eigenvalue weighted by Crippen LogP contribution is -2.60. The van der Waals surface area contributed by atoms with Gasteiger partial charge in [-0.1, -0.05) is 12.1 Å². The molecular formula is C32H34N2O11. The van der Waals surface area contributed by atoms with Crippen LogP contribution in [0.15, 0.2) is 18.2 Å². The van der Waals surface area contributed by atoms with E-state index in [1.54, 1.807) is 6.92 Å². The number of aromatic hydroxyl groups is 2. The number of ketones is 3. The minimum Gasteiger partial charge on any atom is -0.507 e. The second kappa shape index (κ2) is 11.5. The number of morpholine rings is 1. The molecule has 0 bridgehead atoms. The topological polar surface area (TPSA) is 196 Å². The molecule has 2 aliphatic heterocycles. The highest BCUT2D eigenvalue weighted by Crippen LogP contribution is 2.52. The molecular weight excluding hydrogens is 588 g/mol. The summed E-state index contributed by atoms with van der Waals surface area (Å²) in [5.74, 6) is -3.27. The van der Waals surface area contributed by atoms with Crippen LogP contribution < -0.4 is 4.74 Å². The summed E-state index contributed by atoms with van der Waals surface area (Å²) in [4.78, 5) is 42.1. The van der Waals surface area contributed by atoms with Gasteiger partial charge in [-0.25, -0.2) is 0 Å². The monoisotopic (exact) mass is 622 g/mol. The van der Waals surface area contributed by atoms with Crippen LogP contribution in [0.5, 0.6) is 17.2 Å². The molecule has 4 aliphatic rings. The van der Waals surface area contributed by atoms with E-state index in [0.29, 0.717) is 13.2 Å². The van der Waals surface area contributed by atoms with E-state index < -0.39 is 88.7 Å². The van der Waals surface area contributed by atoms with E-state index in [-0.39, 0.29) is 47.5 Å². The normalized spacial score (nSPS) is 31.4. The number of Topliss-reactive ketones (excluding diaryl/α,β-unsaturated/α-hetero) is 1. The fourth-order valence-electron chi connectivity index (χ4n) is 7.06. The number of nitriles is 1. The molecule has 4 N–H and O–H groups in total. The first kappa shape index (κ1) is 31.1. The van der Waals surface area contributed by atoms with Gasteiger partial charge in [-0.05, 0) is 19.9 Å². The molecule has 6 rings (SSSR count). The molecule has 2 heterocycles. The summed E-state index contributed by atoms with van der Waals surface area (Å²) in [6, 6.07) is 5.44. The van der Waals surface area contributed by atoms with E-state index in [9.17, 15) is 40.1 Å². The van der Waals surface area contributed by atoms with Crippen LogP contribution in [0.3, 0.4) is 0 Å². The number of carbonyl (C=O) groups is 3. The third kappa shape index (κ3) is 4.89. The summed E-state index contributed by atoms with van der Waals surface area (Å²) in [7, 11) is 1.34. The summed E-state index contributed by atoms with van der Waals surface area (Å²) >= 11 is 0. The number of phenolic OH excluding ortho intramolecular Hbond substituents is 2. The number of fused-ring (bicyclic) bond motifs is 3. The SMILES string of the molecule is COc1cccc2c1C(=O)c1c(O)c3c(c(O)c1C2=O)C[C@@](O)(C(C)=O)C[C@@H]3O[C@H]1CC(N2CCOCC2C#N)[C@H](O)[C@H](C)O1. The van der Waals surface area contributed by atoms with Crippen LogP contribution in [0.1, 0.15) is 75.8 Å². The molecule has 13 heteroatoms. The number of benzene rings is 2. The van der Waals surface area contributed by atoms with Gasteiger partial charge < -0.3 is 39.4 Å². The minimum atomic E-state index is -2.05. The van der Waals surface area contributed by atoms with E-state index in [2.05, 4.69) is 6.07 Å². The number of aliphatic hydroxyl groups excluding tert-OH is 1. The van der Waals surface area contributed by atoms with Gasteiger partial charge in [0.15, 0.2) is 17.9 Å². The minimum absolute atomic E-state index is 0.0279.